The Hall–Kier alpha value is -2.81. The molecule has 0 unspecified atom stereocenters. The van der Waals surface area contributed by atoms with E-state index in [1.54, 1.807) is 36.5 Å². The number of aromatic nitrogens is 3. The van der Waals surface area contributed by atoms with Gasteiger partial charge in [0.25, 0.3) is 0 Å². The summed E-state index contributed by atoms with van der Waals surface area (Å²) in [6, 6.07) is 13.0. The third kappa shape index (κ3) is 2.31. The molecule has 4 aromatic rings. The molecule has 3 aromatic heterocycles. The summed E-state index contributed by atoms with van der Waals surface area (Å²) >= 11 is -0.714. The normalized spacial score (nSPS) is 13.5. The van der Waals surface area contributed by atoms with Crippen LogP contribution in [0.15, 0.2) is 66.8 Å². The van der Waals surface area contributed by atoms with Crippen LogP contribution < -0.4 is 0 Å². The van der Waals surface area contributed by atoms with Gasteiger partial charge in [0.2, 0.25) is 0 Å². The predicted octanol–water partition coefficient (Wildman–Crippen LogP) is 2.94. The molecular formula is C20H11N3O2Te. The van der Waals surface area contributed by atoms with E-state index in [2.05, 4.69) is 14.5 Å². The van der Waals surface area contributed by atoms with Crippen molar-refractivity contribution < 1.29 is 9.59 Å². The number of carbonyl (C=O) groups is 2. The van der Waals surface area contributed by atoms with Crippen molar-refractivity contribution in [3.63, 3.8) is 0 Å². The topological polar surface area (TPSA) is 64.8 Å². The SMILES string of the molecule is O=C1C(=Cc2ccc(-n3ccc4cncnc43)[te]2)C(=O)c2ccccc21. The van der Waals surface area contributed by atoms with E-state index >= 15 is 0 Å². The van der Waals surface area contributed by atoms with Gasteiger partial charge in [-0.1, -0.05) is 0 Å². The van der Waals surface area contributed by atoms with Crippen molar-refractivity contribution in [2.24, 2.45) is 0 Å². The summed E-state index contributed by atoms with van der Waals surface area (Å²) in [7, 11) is 0. The molecule has 3 heterocycles. The molecule has 0 amide bonds. The number of rotatable bonds is 2. The molecule has 0 radical (unpaired) electrons. The van der Waals surface area contributed by atoms with Crippen molar-refractivity contribution >= 4 is 49.1 Å². The second kappa shape index (κ2) is 5.87. The van der Waals surface area contributed by atoms with Gasteiger partial charge >= 0.3 is 158 Å². The third-order valence-electron chi connectivity index (χ3n) is 4.39. The Morgan fingerprint density at radius 2 is 1.73 bits per heavy atom. The summed E-state index contributed by atoms with van der Waals surface area (Å²) in [5.74, 6) is -0.349. The molecule has 124 valence electrons. The Balaban J connectivity index is 1.55. The van der Waals surface area contributed by atoms with Gasteiger partial charge in [0.1, 0.15) is 0 Å². The van der Waals surface area contributed by atoms with E-state index in [1.165, 1.54) is 10.0 Å². The first-order chi connectivity index (χ1) is 12.7. The molecule has 0 N–H and O–H groups in total. The number of allylic oxidation sites excluding steroid dienone is 1. The van der Waals surface area contributed by atoms with Crippen LogP contribution in [0.1, 0.15) is 24.3 Å². The Labute approximate surface area is 158 Å². The van der Waals surface area contributed by atoms with Crippen molar-refractivity contribution in [2.75, 3.05) is 0 Å². The van der Waals surface area contributed by atoms with E-state index in [4.69, 9.17) is 0 Å². The molecule has 1 aliphatic carbocycles. The number of ketones is 2. The number of hydrogen-bond acceptors (Lipinski definition) is 4. The monoisotopic (exact) mass is 455 g/mol. The van der Waals surface area contributed by atoms with E-state index in [0.29, 0.717) is 11.1 Å². The van der Waals surface area contributed by atoms with Gasteiger partial charge in [0, 0.05) is 0 Å². The minimum absolute atomic E-state index is 0.174. The number of benzene rings is 1. The van der Waals surface area contributed by atoms with E-state index < -0.39 is 20.4 Å². The van der Waals surface area contributed by atoms with E-state index in [0.717, 1.165) is 14.6 Å². The summed E-state index contributed by atoms with van der Waals surface area (Å²) in [6.07, 6.45) is 7.09. The van der Waals surface area contributed by atoms with Gasteiger partial charge in [-0.25, -0.2) is 0 Å². The summed E-state index contributed by atoms with van der Waals surface area (Å²) in [5, 5.41) is 0.990. The average Bonchev–Trinajstić information content (AvgIpc) is 3.36. The molecule has 0 aliphatic heterocycles. The molecule has 0 fully saturated rings. The molecule has 0 spiro atoms. The maximum absolute atomic E-state index is 12.5. The van der Waals surface area contributed by atoms with Gasteiger partial charge in [-0.3, -0.25) is 0 Å². The Kier molecular flexibility index (Phi) is 3.49. The maximum atomic E-state index is 12.5. The van der Waals surface area contributed by atoms with Gasteiger partial charge in [0.15, 0.2) is 0 Å². The van der Waals surface area contributed by atoms with Crippen molar-refractivity contribution in [1.29, 1.82) is 0 Å². The Morgan fingerprint density at radius 3 is 2.50 bits per heavy atom. The number of hydrogen-bond donors (Lipinski definition) is 0. The van der Waals surface area contributed by atoms with Gasteiger partial charge in [-0.05, 0) is 0 Å². The van der Waals surface area contributed by atoms with Crippen LogP contribution in [-0.2, 0) is 0 Å². The van der Waals surface area contributed by atoms with Crippen LogP contribution >= 0.6 is 0 Å². The van der Waals surface area contributed by atoms with Crippen molar-refractivity contribution in [1.82, 2.24) is 14.5 Å². The molecule has 5 nitrogen and oxygen atoms in total. The molecule has 26 heavy (non-hydrogen) atoms. The predicted molar refractivity (Wildman–Crippen MR) is 98.9 cm³/mol. The molecule has 0 saturated carbocycles. The van der Waals surface area contributed by atoms with Crippen LogP contribution in [0.25, 0.3) is 20.8 Å². The van der Waals surface area contributed by atoms with E-state index in [1.807, 2.05) is 24.4 Å². The molecular weight excluding hydrogens is 442 g/mol. The van der Waals surface area contributed by atoms with Gasteiger partial charge in [-0.2, -0.15) is 0 Å². The molecule has 6 heteroatoms. The van der Waals surface area contributed by atoms with Crippen LogP contribution in [0.5, 0.6) is 0 Å². The molecule has 1 aromatic carbocycles. The number of carbonyl (C=O) groups excluding carboxylic acids is 2. The minimum atomic E-state index is -0.714. The fourth-order valence-corrected chi connectivity index (χ4v) is 5.82. The zero-order valence-electron chi connectivity index (χ0n) is 13.4. The summed E-state index contributed by atoms with van der Waals surface area (Å²) < 4.78 is 4.30. The fraction of sp³-hybridized carbons (Fsp3) is 0. The fourth-order valence-electron chi connectivity index (χ4n) is 3.15. The Morgan fingerprint density at radius 1 is 0.962 bits per heavy atom. The van der Waals surface area contributed by atoms with E-state index in [9.17, 15) is 9.59 Å². The molecule has 0 saturated heterocycles. The molecule has 0 atom stereocenters. The number of nitrogens with zero attached hydrogens (tertiary/aromatic N) is 3. The van der Waals surface area contributed by atoms with Crippen molar-refractivity contribution in [3.8, 4) is 3.70 Å². The second-order valence-electron chi connectivity index (χ2n) is 5.93. The summed E-state index contributed by atoms with van der Waals surface area (Å²) in [5.41, 5.74) is 2.16. The first kappa shape index (κ1) is 15.4. The number of fused-ring (bicyclic) bond motifs is 2. The zero-order chi connectivity index (χ0) is 17.7. The molecule has 1 aliphatic rings. The second-order valence-corrected chi connectivity index (χ2v) is 9.05. The summed E-state index contributed by atoms with van der Waals surface area (Å²) in [6.45, 7) is 0. The zero-order valence-corrected chi connectivity index (χ0v) is 15.7. The van der Waals surface area contributed by atoms with Crippen LogP contribution in [-0.4, -0.2) is 46.5 Å². The van der Waals surface area contributed by atoms with Gasteiger partial charge < -0.3 is 0 Å². The average molecular weight is 453 g/mol. The van der Waals surface area contributed by atoms with Gasteiger partial charge in [0.05, 0.1) is 0 Å². The molecule has 0 bridgehead atoms. The number of Topliss-reactive ketones (excluding diaryl/α,β-unsaturated/α-hetero) is 2. The van der Waals surface area contributed by atoms with Crippen LogP contribution in [0, 0.1) is 0 Å². The quantitative estimate of drug-likeness (QED) is 0.266. The van der Waals surface area contributed by atoms with Gasteiger partial charge in [-0.15, -0.1) is 0 Å². The third-order valence-corrected chi connectivity index (χ3v) is 7.34. The first-order valence-electron chi connectivity index (χ1n) is 8.00. The van der Waals surface area contributed by atoms with Crippen LogP contribution in [0.4, 0.5) is 0 Å². The Bertz CT molecular complexity index is 1200. The van der Waals surface area contributed by atoms with E-state index in [-0.39, 0.29) is 17.1 Å². The van der Waals surface area contributed by atoms with Crippen molar-refractivity contribution in [2.45, 2.75) is 0 Å². The first-order valence-corrected chi connectivity index (χ1v) is 10.3. The van der Waals surface area contributed by atoms with Crippen LogP contribution in [0.2, 0.25) is 0 Å². The van der Waals surface area contributed by atoms with Crippen molar-refractivity contribution in [3.05, 3.63) is 81.5 Å². The van der Waals surface area contributed by atoms with Crippen LogP contribution in [0.3, 0.4) is 0 Å². The molecule has 5 rings (SSSR count). The summed E-state index contributed by atoms with van der Waals surface area (Å²) in [4.78, 5) is 33.5. The standard InChI is InChI=1S/C20H11N3O2Te/c24-18-14-3-1-2-4-15(14)19(25)16(18)9-13-5-6-17(26-13)23-8-7-12-10-21-11-22-20(12)23/h1-11H.